The summed E-state index contributed by atoms with van der Waals surface area (Å²) < 4.78 is 2.32. The smallest absolute Gasteiger partial charge is 0.232 e. The van der Waals surface area contributed by atoms with Crippen molar-refractivity contribution in [3.05, 3.63) is 102 Å². The molecule has 3 aromatic rings. The van der Waals surface area contributed by atoms with Crippen molar-refractivity contribution in [1.82, 2.24) is 14.1 Å². The van der Waals surface area contributed by atoms with Crippen LogP contribution in [-0.2, 0) is 10.2 Å². The highest BCUT2D eigenvalue weighted by Crippen LogP contribution is 2.37. The third kappa shape index (κ3) is 9.03. The molecule has 0 saturated carbocycles. The van der Waals surface area contributed by atoms with E-state index in [2.05, 4.69) is 89.9 Å². The van der Waals surface area contributed by atoms with Gasteiger partial charge >= 0.3 is 0 Å². The lowest BCUT2D eigenvalue weighted by molar-refractivity contribution is -0.136. The van der Waals surface area contributed by atoms with E-state index in [-0.39, 0.29) is 11.3 Å². The van der Waals surface area contributed by atoms with E-state index in [0.717, 1.165) is 39.0 Å². The normalized spacial score (nSPS) is 15.1. The molecule has 1 fully saturated rings. The quantitative estimate of drug-likeness (QED) is 0.238. The highest BCUT2D eigenvalue weighted by Gasteiger charge is 2.43. The van der Waals surface area contributed by atoms with Crippen molar-refractivity contribution in [3.8, 4) is 0 Å². The molecular formula is C32H43N3OS. The first kappa shape index (κ1) is 29.0. The number of rotatable bonds is 9. The SMILES string of the molecule is CN(CCCCN1CCC(C(=O)N(C)C)(c2ccccc2)CC1)Sc1ccccc1.Cc1ccccc1. The molecule has 198 valence electrons. The summed E-state index contributed by atoms with van der Waals surface area (Å²) in [7, 11) is 5.92. The zero-order chi connectivity index (χ0) is 26.5. The van der Waals surface area contributed by atoms with Crippen LogP contribution < -0.4 is 0 Å². The summed E-state index contributed by atoms with van der Waals surface area (Å²) in [4.78, 5) is 18.7. The number of benzene rings is 3. The predicted octanol–water partition coefficient (Wildman–Crippen LogP) is 6.52. The Bertz CT molecular complexity index is 1040. The van der Waals surface area contributed by atoms with Gasteiger partial charge in [-0.05, 0) is 88.9 Å². The Balaban J connectivity index is 0.000000468. The Morgan fingerprint density at radius 3 is 1.86 bits per heavy atom. The molecule has 0 aliphatic carbocycles. The van der Waals surface area contributed by atoms with Gasteiger partial charge in [0.05, 0.1) is 5.41 Å². The van der Waals surface area contributed by atoms with Gasteiger partial charge in [-0.2, -0.15) is 0 Å². The lowest BCUT2D eigenvalue weighted by atomic mass is 9.71. The molecule has 37 heavy (non-hydrogen) atoms. The molecule has 1 amide bonds. The minimum atomic E-state index is -0.367. The second kappa shape index (κ2) is 15.0. The topological polar surface area (TPSA) is 26.8 Å². The van der Waals surface area contributed by atoms with E-state index in [9.17, 15) is 4.79 Å². The fourth-order valence-electron chi connectivity index (χ4n) is 4.88. The highest BCUT2D eigenvalue weighted by molar-refractivity contribution is 7.97. The Morgan fingerprint density at radius 2 is 1.35 bits per heavy atom. The summed E-state index contributed by atoms with van der Waals surface area (Å²) in [6.45, 7) is 6.26. The molecule has 0 atom stereocenters. The summed E-state index contributed by atoms with van der Waals surface area (Å²) in [5, 5.41) is 0. The number of carbonyl (C=O) groups is 1. The maximum absolute atomic E-state index is 13.1. The van der Waals surface area contributed by atoms with Crippen LogP contribution in [0.2, 0.25) is 0 Å². The monoisotopic (exact) mass is 517 g/mol. The van der Waals surface area contributed by atoms with Crippen molar-refractivity contribution in [1.29, 1.82) is 0 Å². The summed E-state index contributed by atoms with van der Waals surface area (Å²) in [6, 6.07) is 31.2. The van der Waals surface area contributed by atoms with Gasteiger partial charge < -0.3 is 9.80 Å². The average Bonchev–Trinajstić information content (AvgIpc) is 2.93. The number of piperidine rings is 1. The van der Waals surface area contributed by atoms with Crippen LogP contribution in [-0.4, -0.2) is 67.3 Å². The number of hydrogen-bond acceptors (Lipinski definition) is 4. The van der Waals surface area contributed by atoms with E-state index in [1.54, 1.807) is 4.90 Å². The van der Waals surface area contributed by atoms with Crippen molar-refractivity contribution in [2.45, 2.75) is 42.9 Å². The Labute approximate surface area is 228 Å². The fraction of sp³-hybridized carbons (Fsp3) is 0.406. The van der Waals surface area contributed by atoms with Gasteiger partial charge in [0.15, 0.2) is 0 Å². The molecule has 0 N–H and O–H groups in total. The van der Waals surface area contributed by atoms with Gasteiger partial charge in [-0.1, -0.05) is 84.4 Å². The minimum Gasteiger partial charge on any atom is -0.348 e. The van der Waals surface area contributed by atoms with Crippen molar-refractivity contribution in [2.75, 3.05) is 47.3 Å². The first-order chi connectivity index (χ1) is 17.9. The minimum absolute atomic E-state index is 0.243. The number of aryl methyl sites for hydroxylation is 1. The van der Waals surface area contributed by atoms with Crippen LogP contribution in [0.5, 0.6) is 0 Å². The summed E-state index contributed by atoms with van der Waals surface area (Å²) in [6.07, 6.45) is 4.18. The lowest BCUT2D eigenvalue weighted by Crippen LogP contribution is -2.51. The number of unbranched alkanes of at least 4 members (excludes halogenated alkanes) is 1. The molecule has 0 spiro atoms. The van der Waals surface area contributed by atoms with Crippen LogP contribution in [0.3, 0.4) is 0 Å². The third-order valence-electron chi connectivity index (χ3n) is 6.99. The van der Waals surface area contributed by atoms with Crippen LogP contribution >= 0.6 is 11.9 Å². The van der Waals surface area contributed by atoms with Crippen LogP contribution in [0.1, 0.15) is 36.8 Å². The molecular weight excluding hydrogens is 474 g/mol. The predicted molar refractivity (Wildman–Crippen MR) is 158 cm³/mol. The lowest BCUT2D eigenvalue weighted by Gasteiger charge is -2.42. The first-order valence-corrected chi connectivity index (χ1v) is 14.1. The molecule has 0 radical (unpaired) electrons. The average molecular weight is 518 g/mol. The van der Waals surface area contributed by atoms with Gasteiger partial charge in [-0.3, -0.25) is 4.79 Å². The fourth-order valence-corrected chi connectivity index (χ4v) is 5.74. The van der Waals surface area contributed by atoms with E-state index in [1.165, 1.54) is 28.9 Å². The van der Waals surface area contributed by atoms with Crippen LogP contribution in [0.25, 0.3) is 0 Å². The zero-order valence-corrected chi connectivity index (χ0v) is 23.8. The first-order valence-electron chi connectivity index (χ1n) is 13.4. The molecule has 0 aromatic heterocycles. The van der Waals surface area contributed by atoms with E-state index >= 15 is 0 Å². The number of likely N-dealkylation sites (tertiary alicyclic amines) is 1. The number of likely N-dealkylation sites (N-methyl/N-ethyl adjacent to an activating group) is 1. The summed E-state index contributed by atoms with van der Waals surface area (Å²) >= 11 is 1.81. The Hall–Kier alpha value is -2.60. The van der Waals surface area contributed by atoms with Gasteiger partial charge in [0.2, 0.25) is 5.91 Å². The van der Waals surface area contributed by atoms with Crippen molar-refractivity contribution < 1.29 is 4.79 Å². The Morgan fingerprint density at radius 1 is 0.811 bits per heavy atom. The van der Waals surface area contributed by atoms with Gasteiger partial charge in [0.1, 0.15) is 0 Å². The molecule has 1 aliphatic heterocycles. The summed E-state index contributed by atoms with van der Waals surface area (Å²) in [5.41, 5.74) is 2.12. The number of hydrogen-bond donors (Lipinski definition) is 0. The van der Waals surface area contributed by atoms with E-state index in [1.807, 2.05) is 50.3 Å². The third-order valence-corrected chi connectivity index (χ3v) is 7.97. The number of amides is 1. The molecule has 3 aromatic carbocycles. The largest absolute Gasteiger partial charge is 0.348 e. The molecule has 5 heteroatoms. The molecule has 4 nitrogen and oxygen atoms in total. The molecule has 0 bridgehead atoms. The zero-order valence-electron chi connectivity index (χ0n) is 23.0. The van der Waals surface area contributed by atoms with Gasteiger partial charge in [0.25, 0.3) is 0 Å². The molecule has 0 unspecified atom stereocenters. The van der Waals surface area contributed by atoms with Crippen LogP contribution in [0.4, 0.5) is 0 Å². The Kier molecular flexibility index (Phi) is 11.7. The van der Waals surface area contributed by atoms with Crippen molar-refractivity contribution in [3.63, 3.8) is 0 Å². The van der Waals surface area contributed by atoms with Crippen molar-refractivity contribution >= 4 is 17.9 Å². The van der Waals surface area contributed by atoms with Crippen LogP contribution in [0.15, 0.2) is 95.9 Å². The second-order valence-electron chi connectivity index (χ2n) is 10.1. The standard InChI is InChI=1S/C25H35N3OS.C7H8/c1-26(2)24(29)25(22-12-6-4-7-13-22)16-20-28(21-17-25)19-11-10-18-27(3)30-23-14-8-5-9-15-23;1-7-5-3-2-4-6-7/h4-9,12-15H,10-11,16-21H2,1-3H3;2-6H,1H3. The molecule has 1 heterocycles. The van der Waals surface area contributed by atoms with Gasteiger partial charge in [0, 0.05) is 25.5 Å². The van der Waals surface area contributed by atoms with E-state index in [0.29, 0.717) is 0 Å². The van der Waals surface area contributed by atoms with Crippen molar-refractivity contribution in [2.24, 2.45) is 0 Å². The van der Waals surface area contributed by atoms with Gasteiger partial charge in [-0.15, -0.1) is 0 Å². The second-order valence-corrected chi connectivity index (χ2v) is 11.4. The maximum Gasteiger partial charge on any atom is 0.232 e. The van der Waals surface area contributed by atoms with Gasteiger partial charge in [-0.25, -0.2) is 4.31 Å². The molecule has 4 rings (SSSR count). The highest BCUT2D eigenvalue weighted by atomic mass is 32.2. The van der Waals surface area contributed by atoms with Crippen LogP contribution in [0, 0.1) is 6.92 Å². The summed E-state index contributed by atoms with van der Waals surface area (Å²) in [5.74, 6) is 0.243. The number of carbonyl (C=O) groups excluding carboxylic acids is 1. The van der Waals surface area contributed by atoms with E-state index < -0.39 is 0 Å². The van der Waals surface area contributed by atoms with E-state index in [4.69, 9.17) is 0 Å². The molecule has 1 aliphatic rings. The maximum atomic E-state index is 13.1. The number of nitrogens with zero attached hydrogens (tertiary/aromatic N) is 3. The molecule has 1 saturated heterocycles.